The molecule has 0 radical (unpaired) electrons. The van der Waals surface area contributed by atoms with E-state index in [9.17, 15) is 9.59 Å². The van der Waals surface area contributed by atoms with Crippen molar-refractivity contribution in [1.82, 2.24) is 15.1 Å². The van der Waals surface area contributed by atoms with Crippen LogP contribution < -0.4 is 15.4 Å². The van der Waals surface area contributed by atoms with Crippen molar-refractivity contribution in [3.8, 4) is 5.75 Å². The summed E-state index contributed by atoms with van der Waals surface area (Å²) in [5.41, 5.74) is 0.764. The Morgan fingerprint density at radius 3 is 2.65 bits per heavy atom. The minimum atomic E-state index is -0.243. The summed E-state index contributed by atoms with van der Waals surface area (Å²) in [4.78, 5) is 28.6. The highest BCUT2D eigenvalue weighted by Crippen LogP contribution is 2.31. The fourth-order valence-electron chi connectivity index (χ4n) is 3.07. The van der Waals surface area contributed by atoms with Gasteiger partial charge in [-0.3, -0.25) is 9.59 Å². The average Bonchev–Trinajstić information content (AvgIpc) is 2.76. The summed E-state index contributed by atoms with van der Waals surface area (Å²) in [6, 6.07) is 3.10. The highest BCUT2D eigenvalue weighted by atomic mass is 35.5. The number of rotatable bonds is 5. The summed E-state index contributed by atoms with van der Waals surface area (Å²) in [6.45, 7) is 8.00. The van der Waals surface area contributed by atoms with Gasteiger partial charge in [0.2, 0.25) is 5.91 Å². The molecule has 1 aliphatic heterocycles. The van der Waals surface area contributed by atoms with E-state index in [0.29, 0.717) is 22.0 Å². The predicted octanol–water partition coefficient (Wildman–Crippen LogP) is 1.67. The van der Waals surface area contributed by atoms with Crippen LogP contribution in [-0.2, 0) is 4.79 Å². The van der Waals surface area contributed by atoms with E-state index in [1.165, 1.54) is 20.1 Å². The van der Waals surface area contributed by atoms with Gasteiger partial charge in [-0.2, -0.15) is 0 Å². The largest absolute Gasteiger partial charge is 0.496 e. The zero-order valence-electron chi connectivity index (χ0n) is 15.8. The molecule has 0 saturated carbocycles. The molecule has 1 saturated heterocycles. The molecule has 8 heteroatoms. The molecule has 1 aromatic rings. The number of carbonyl (C=O) groups is 2. The Hall–Kier alpha value is -1.83. The van der Waals surface area contributed by atoms with Crippen LogP contribution in [0.1, 0.15) is 24.2 Å². The molecule has 2 amide bonds. The maximum absolute atomic E-state index is 12.8. The van der Waals surface area contributed by atoms with Crippen LogP contribution in [0.15, 0.2) is 12.1 Å². The Kier molecular flexibility index (Phi) is 7.25. The van der Waals surface area contributed by atoms with Crippen molar-refractivity contribution in [1.29, 1.82) is 0 Å². The third-order valence-corrected chi connectivity index (χ3v) is 4.75. The van der Waals surface area contributed by atoms with Crippen LogP contribution in [-0.4, -0.2) is 74.5 Å². The van der Waals surface area contributed by atoms with Crippen molar-refractivity contribution in [2.75, 3.05) is 52.2 Å². The van der Waals surface area contributed by atoms with E-state index in [-0.39, 0.29) is 17.9 Å². The zero-order valence-corrected chi connectivity index (χ0v) is 16.5. The SMILES string of the molecule is CCN1CCN(C)CC(NC(=O)c2cc(Cl)c(NC(C)=O)cc2OC)C1. The van der Waals surface area contributed by atoms with Gasteiger partial charge in [-0.15, -0.1) is 0 Å². The maximum atomic E-state index is 12.8. The normalized spacial score (nSPS) is 18.9. The number of nitrogens with one attached hydrogen (secondary N) is 2. The first kappa shape index (κ1) is 20.5. The summed E-state index contributed by atoms with van der Waals surface area (Å²) in [5, 5.41) is 6.00. The molecule has 1 aliphatic rings. The van der Waals surface area contributed by atoms with Crippen molar-refractivity contribution in [2.45, 2.75) is 19.9 Å². The monoisotopic (exact) mass is 382 g/mol. The van der Waals surface area contributed by atoms with Crippen LogP contribution in [0, 0.1) is 0 Å². The molecule has 1 aromatic carbocycles. The molecule has 1 atom stereocenters. The van der Waals surface area contributed by atoms with E-state index in [2.05, 4.69) is 34.4 Å². The zero-order chi connectivity index (χ0) is 19.3. The molecule has 0 aromatic heterocycles. The fourth-order valence-corrected chi connectivity index (χ4v) is 3.28. The molecule has 144 valence electrons. The Bertz CT molecular complexity index is 668. The summed E-state index contributed by atoms with van der Waals surface area (Å²) in [7, 11) is 3.54. The van der Waals surface area contributed by atoms with Crippen LogP contribution in [0.5, 0.6) is 5.75 Å². The Morgan fingerprint density at radius 1 is 1.31 bits per heavy atom. The Labute approximate surface area is 159 Å². The van der Waals surface area contributed by atoms with Crippen molar-refractivity contribution in [3.63, 3.8) is 0 Å². The van der Waals surface area contributed by atoms with Gasteiger partial charge in [-0.1, -0.05) is 18.5 Å². The molecule has 7 nitrogen and oxygen atoms in total. The first-order valence-electron chi connectivity index (χ1n) is 8.70. The third-order valence-electron chi connectivity index (χ3n) is 4.44. The number of methoxy groups -OCH3 is 1. The smallest absolute Gasteiger partial charge is 0.255 e. The summed E-state index contributed by atoms with van der Waals surface area (Å²) in [6.07, 6.45) is 0. The summed E-state index contributed by atoms with van der Waals surface area (Å²) in [5.74, 6) is -0.119. The summed E-state index contributed by atoms with van der Waals surface area (Å²) < 4.78 is 5.33. The van der Waals surface area contributed by atoms with E-state index in [0.717, 1.165) is 32.7 Å². The van der Waals surface area contributed by atoms with Gasteiger partial charge in [0.15, 0.2) is 0 Å². The second kappa shape index (κ2) is 9.21. The first-order valence-corrected chi connectivity index (χ1v) is 9.08. The molecule has 1 fully saturated rings. The number of hydrogen-bond acceptors (Lipinski definition) is 5. The van der Waals surface area contributed by atoms with Crippen LogP contribution in [0.3, 0.4) is 0 Å². The topological polar surface area (TPSA) is 73.9 Å². The lowest BCUT2D eigenvalue weighted by Gasteiger charge is -2.24. The predicted molar refractivity (Wildman–Crippen MR) is 103 cm³/mol. The van der Waals surface area contributed by atoms with Gasteiger partial charge in [-0.25, -0.2) is 0 Å². The van der Waals surface area contributed by atoms with E-state index < -0.39 is 0 Å². The van der Waals surface area contributed by atoms with Crippen LogP contribution in [0.2, 0.25) is 5.02 Å². The molecule has 1 heterocycles. The highest BCUT2D eigenvalue weighted by Gasteiger charge is 2.24. The van der Waals surface area contributed by atoms with Gasteiger partial charge in [-0.05, 0) is 19.7 Å². The van der Waals surface area contributed by atoms with E-state index >= 15 is 0 Å². The maximum Gasteiger partial charge on any atom is 0.255 e. The van der Waals surface area contributed by atoms with Gasteiger partial charge in [0.25, 0.3) is 5.91 Å². The van der Waals surface area contributed by atoms with Crippen molar-refractivity contribution >= 4 is 29.1 Å². The number of ether oxygens (including phenoxy) is 1. The number of amides is 2. The van der Waals surface area contributed by atoms with Gasteiger partial charge in [0, 0.05) is 39.2 Å². The molecule has 0 aliphatic carbocycles. The first-order chi connectivity index (χ1) is 12.3. The number of hydrogen-bond donors (Lipinski definition) is 2. The molecule has 2 N–H and O–H groups in total. The highest BCUT2D eigenvalue weighted by molar-refractivity contribution is 6.34. The second-order valence-electron chi connectivity index (χ2n) is 6.54. The second-order valence-corrected chi connectivity index (χ2v) is 6.95. The number of carbonyl (C=O) groups excluding carboxylic acids is 2. The lowest BCUT2D eigenvalue weighted by atomic mass is 10.1. The average molecular weight is 383 g/mol. The standard InChI is InChI=1S/C18H27ClN4O3/c1-5-23-7-6-22(3)10-13(11-23)21-18(25)14-8-15(19)16(20-12(2)24)9-17(14)26-4/h8-9,13H,5-7,10-11H2,1-4H3,(H,20,24)(H,21,25). The Balaban J connectivity index is 2.20. The molecular weight excluding hydrogens is 356 g/mol. The van der Waals surface area contributed by atoms with Crippen molar-refractivity contribution in [2.24, 2.45) is 0 Å². The fraction of sp³-hybridized carbons (Fsp3) is 0.556. The lowest BCUT2D eigenvalue weighted by molar-refractivity contribution is -0.114. The van der Waals surface area contributed by atoms with Gasteiger partial charge in [0.1, 0.15) is 5.75 Å². The molecule has 0 spiro atoms. The molecule has 1 unspecified atom stereocenters. The molecule has 26 heavy (non-hydrogen) atoms. The number of likely N-dealkylation sites (N-methyl/N-ethyl adjacent to an activating group) is 2. The minimum Gasteiger partial charge on any atom is -0.496 e. The molecule has 2 rings (SSSR count). The minimum absolute atomic E-state index is 0.00783. The third kappa shape index (κ3) is 5.33. The number of halogens is 1. The van der Waals surface area contributed by atoms with E-state index in [4.69, 9.17) is 16.3 Å². The van der Waals surface area contributed by atoms with E-state index in [1.807, 2.05) is 0 Å². The summed E-state index contributed by atoms with van der Waals surface area (Å²) >= 11 is 6.22. The van der Waals surface area contributed by atoms with Crippen LogP contribution in [0.4, 0.5) is 5.69 Å². The van der Waals surface area contributed by atoms with Crippen molar-refractivity contribution < 1.29 is 14.3 Å². The van der Waals surface area contributed by atoms with Crippen molar-refractivity contribution in [3.05, 3.63) is 22.7 Å². The molecular formula is C18H27ClN4O3. The number of anilines is 1. The number of benzene rings is 1. The lowest BCUT2D eigenvalue weighted by Crippen LogP contribution is -2.46. The Morgan fingerprint density at radius 2 is 2.04 bits per heavy atom. The van der Waals surface area contributed by atoms with Gasteiger partial charge >= 0.3 is 0 Å². The van der Waals surface area contributed by atoms with Crippen LogP contribution >= 0.6 is 11.6 Å². The van der Waals surface area contributed by atoms with Gasteiger partial charge < -0.3 is 25.2 Å². The van der Waals surface area contributed by atoms with Crippen LogP contribution in [0.25, 0.3) is 0 Å². The number of nitrogens with zero attached hydrogens (tertiary/aromatic N) is 2. The molecule has 0 bridgehead atoms. The quantitative estimate of drug-likeness (QED) is 0.810. The van der Waals surface area contributed by atoms with E-state index in [1.54, 1.807) is 6.07 Å². The van der Waals surface area contributed by atoms with Gasteiger partial charge in [0.05, 0.1) is 29.4 Å².